The average Bonchev–Trinajstić information content (AvgIpc) is 3.32. The van der Waals surface area contributed by atoms with Gasteiger partial charge in [-0.3, -0.25) is 4.99 Å². The van der Waals surface area contributed by atoms with Crippen molar-refractivity contribution in [3.63, 3.8) is 0 Å². The molecule has 172 valence electrons. The number of aryl methyl sites for hydroxylation is 2. The molecule has 1 atom stereocenters. The van der Waals surface area contributed by atoms with Crippen molar-refractivity contribution < 1.29 is 4.74 Å². The number of methoxy groups -OCH3 is 1. The summed E-state index contributed by atoms with van der Waals surface area (Å²) in [5.41, 5.74) is 0. The summed E-state index contributed by atoms with van der Waals surface area (Å²) in [6.07, 6.45) is 5.80. The van der Waals surface area contributed by atoms with Crippen molar-refractivity contribution >= 4 is 17.7 Å². The first-order chi connectivity index (χ1) is 15.0. The van der Waals surface area contributed by atoms with E-state index < -0.39 is 0 Å². The number of thioether (sulfide) groups is 1. The van der Waals surface area contributed by atoms with Crippen molar-refractivity contribution in [2.24, 2.45) is 10.9 Å². The van der Waals surface area contributed by atoms with E-state index in [2.05, 4.69) is 54.3 Å². The molecule has 1 aliphatic heterocycles. The lowest BCUT2D eigenvalue weighted by molar-refractivity contribution is 0.177. The monoisotopic (exact) mass is 449 g/mol. The number of aliphatic imine (C=N–C) groups is 1. The molecule has 0 saturated heterocycles. The minimum atomic E-state index is 0.272. The quantitative estimate of drug-likeness (QED) is 0.243. The lowest BCUT2D eigenvalue weighted by Gasteiger charge is -2.25. The summed E-state index contributed by atoms with van der Waals surface area (Å²) in [7, 11) is 3.47. The molecule has 0 spiro atoms. The highest BCUT2D eigenvalue weighted by molar-refractivity contribution is 7.98. The van der Waals surface area contributed by atoms with E-state index >= 15 is 0 Å². The molecule has 0 amide bonds. The molecule has 0 aliphatic carbocycles. The van der Waals surface area contributed by atoms with Crippen LogP contribution in [0.5, 0.6) is 0 Å². The topological polar surface area (TPSA) is 107 Å². The summed E-state index contributed by atoms with van der Waals surface area (Å²) >= 11 is 1.65. The summed E-state index contributed by atoms with van der Waals surface area (Å²) < 4.78 is 9.37. The minimum absolute atomic E-state index is 0.272. The van der Waals surface area contributed by atoms with Gasteiger partial charge in [-0.2, -0.15) is 5.10 Å². The van der Waals surface area contributed by atoms with Crippen LogP contribution in [0.3, 0.4) is 0 Å². The normalized spacial score (nSPS) is 16.6. The Kier molecular flexibility index (Phi) is 8.70. The van der Waals surface area contributed by atoms with Gasteiger partial charge in [-0.1, -0.05) is 25.6 Å². The highest BCUT2D eigenvalue weighted by atomic mass is 32.2. The van der Waals surface area contributed by atoms with Gasteiger partial charge in [0.2, 0.25) is 0 Å². The fourth-order valence-electron chi connectivity index (χ4n) is 3.71. The summed E-state index contributed by atoms with van der Waals surface area (Å²) in [5, 5.41) is 21.2. The second-order valence-electron chi connectivity index (χ2n) is 8.15. The van der Waals surface area contributed by atoms with Gasteiger partial charge in [-0.15, -0.1) is 10.2 Å². The van der Waals surface area contributed by atoms with Crippen LogP contribution in [-0.4, -0.2) is 68.5 Å². The molecule has 2 aromatic rings. The van der Waals surface area contributed by atoms with Crippen molar-refractivity contribution in [1.29, 1.82) is 0 Å². The zero-order valence-corrected chi connectivity index (χ0v) is 20.1. The van der Waals surface area contributed by atoms with Crippen LogP contribution < -0.4 is 10.6 Å². The Labute approximate surface area is 188 Å². The Balaban J connectivity index is 1.46. The molecular weight excluding hydrogens is 414 g/mol. The van der Waals surface area contributed by atoms with Crippen molar-refractivity contribution in [1.82, 2.24) is 40.2 Å². The lowest BCUT2D eigenvalue weighted by atomic mass is 10.1. The molecule has 3 heterocycles. The van der Waals surface area contributed by atoms with Gasteiger partial charge in [0.05, 0.1) is 6.54 Å². The van der Waals surface area contributed by atoms with Crippen LogP contribution in [0.25, 0.3) is 0 Å². The van der Waals surface area contributed by atoms with Gasteiger partial charge < -0.3 is 19.9 Å². The molecule has 3 rings (SSSR count). The molecule has 31 heavy (non-hydrogen) atoms. The SMILES string of the molecule is CN=C(NCCCc1nnc(SC)n1CC(C)C)NC1CCc2nc(COC)nn2C1. The van der Waals surface area contributed by atoms with Gasteiger partial charge >= 0.3 is 0 Å². The van der Waals surface area contributed by atoms with E-state index in [-0.39, 0.29) is 6.04 Å². The minimum Gasteiger partial charge on any atom is -0.377 e. The maximum absolute atomic E-state index is 5.14. The standard InChI is InChI=1S/C20H35N9OS/c1-14(2)11-28-18(25-26-20(28)31-5)7-6-10-22-19(21-3)23-15-8-9-17-24-16(13-30-4)27-29(17)12-15/h14-15H,6-13H2,1-5H3,(H2,21,22,23). The maximum Gasteiger partial charge on any atom is 0.191 e. The molecule has 1 aliphatic rings. The van der Waals surface area contributed by atoms with E-state index in [0.29, 0.717) is 12.5 Å². The second-order valence-corrected chi connectivity index (χ2v) is 8.92. The van der Waals surface area contributed by atoms with Crippen LogP contribution in [0.2, 0.25) is 0 Å². The molecule has 0 fully saturated rings. The van der Waals surface area contributed by atoms with Crippen LogP contribution in [-0.2, 0) is 37.3 Å². The Morgan fingerprint density at radius 2 is 2.19 bits per heavy atom. The Bertz CT molecular complexity index is 861. The van der Waals surface area contributed by atoms with Crippen molar-refractivity contribution in [3.05, 3.63) is 17.5 Å². The van der Waals surface area contributed by atoms with E-state index in [4.69, 9.17) is 4.74 Å². The predicted octanol–water partition coefficient (Wildman–Crippen LogP) is 1.51. The van der Waals surface area contributed by atoms with Crippen molar-refractivity contribution in [2.45, 2.75) is 70.4 Å². The first-order valence-electron chi connectivity index (χ1n) is 10.9. The van der Waals surface area contributed by atoms with E-state index in [1.165, 1.54) is 0 Å². The molecule has 11 heteroatoms. The largest absolute Gasteiger partial charge is 0.377 e. The number of nitrogens with zero attached hydrogens (tertiary/aromatic N) is 7. The number of hydrogen-bond acceptors (Lipinski definition) is 7. The number of hydrogen-bond donors (Lipinski definition) is 2. The Hall–Kier alpha value is -2.14. The fourth-order valence-corrected chi connectivity index (χ4v) is 4.24. The van der Waals surface area contributed by atoms with Crippen molar-refractivity contribution in [3.8, 4) is 0 Å². The number of nitrogens with one attached hydrogen (secondary N) is 2. The van der Waals surface area contributed by atoms with E-state index in [0.717, 1.165) is 73.9 Å². The van der Waals surface area contributed by atoms with Crippen LogP contribution >= 0.6 is 11.8 Å². The van der Waals surface area contributed by atoms with Crippen LogP contribution in [0, 0.1) is 5.92 Å². The molecule has 0 bridgehead atoms. The number of rotatable bonds is 10. The molecule has 0 radical (unpaired) electrons. The third-order valence-electron chi connectivity index (χ3n) is 5.13. The van der Waals surface area contributed by atoms with E-state index in [1.807, 2.05) is 10.9 Å². The van der Waals surface area contributed by atoms with Crippen LogP contribution in [0.1, 0.15) is 44.2 Å². The molecular formula is C20H35N9OS. The highest BCUT2D eigenvalue weighted by Crippen LogP contribution is 2.17. The second kappa shape index (κ2) is 11.5. The van der Waals surface area contributed by atoms with Gasteiger partial charge in [0.1, 0.15) is 18.3 Å². The van der Waals surface area contributed by atoms with Crippen LogP contribution in [0.15, 0.2) is 10.1 Å². The van der Waals surface area contributed by atoms with E-state index in [9.17, 15) is 0 Å². The molecule has 10 nitrogen and oxygen atoms in total. The van der Waals surface area contributed by atoms with Gasteiger partial charge in [0.15, 0.2) is 16.9 Å². The third kappa shape index (κ3) is 6.42. The smallest absolute Gasteiger partial charge is 0.191 e. The van der Waals surface area contributed by atoms with E-state index in [1.54, 1.807) is 25.9 Å². The predicted molar refractivity (Wildman–Crippen MR) is 122 cm³/mol. The molecule has 1 unspecified atom stereocenters. The zero-order chi connectivity index (χ0) is 22.2. The maximum atomic E-state index is 5.14. The van der Waals surface area contributed by atoms with Gasteiger partial charge in [0, 0.05) is 46.1 Å². The fraction of sp³-hybridized carbons (Fsp3) is 0.750. The van der Waals surface area contributed by atoms with Crippen LogP contribution in [0.4, 0.5) is 0 Å². The number of ether oxygens (including phenoxy) is 1. The molecule has 0 saturated carbocycles. The molecule has 0 aromatic carbocycles. The summed E-state index contributed by atoms with van der Waals surface area (Å²) in [6.45, 7) is 7.44. The van der Waals surface area contributed by atoms with Crippen molar-refractivity contribution in [2.75, 3.05) is 27.0 Å². The summed E-state index contributed by atoms with van der Waals surface area (Å²) in [4.78, 5) is 8.92. The highest BCUT2D eigenvalue weighted by Gasteiger charge is 2.22. The summed E-state index contributed by atoms with van der Waals surface area (Å²) in [5.74, 6) is 4.21. The average molecular weight is 450 g/mol. The zero-order valence-electron chi connectivity index (χ0n) is 19.3. The first-order valence-corrected chi connectivity index (χ1v) is 12.1. The number of fused-ring (bicyclic) bond motifs is 1. The van der Waals surface area contributed by atoms with Gasteiger partial charge in [-0.05, 0) is 25.0 Å². The van der Waals surface area contributed by atoms with Gasteiger partial charge in [-0.25, -0.2) is 9.67 Å². The Morgan fingerprint density at radius 1 is 1.35 bits per heavy atom. The summed E-state index contributed by atoms with van der Waals surface area (Å²) in [6, 6.07) is 0.272. The van der Waals surface area contributed by atoms with Gasteiger partial charge in [0.25, 0.3) is 0 Å². The number of guanidine groups is 1. The first kappa shape index (κ1) is 23.5. The lowest BCUT2D eigenvalue weighted by Crippen LogP contribution is -2.47. The number of aromatic nitrogens is 6. The molecule has 2 N–H and O–H groups in total. The Morgan fingerprint density at radius 3 is 2.90 bits per heavy atom. The molecule has 2 aromatic heterocycles. The third-order valence-corrected chi connectivity index (χ3v) is 5.80.